The molecule has 154 valence electrons. The molecule has 5 nitrogen and oxygen atoms in total. The van der Waals surface area contributed by atoms with Crippen LogP contribution in [0.4, 0.5) is 10.1 Å². The predicted octanol–water partition coefficient (Wildman–Crippen LogP) is 1.73. The Bertz CT molecular complexity index is 848. The van der Waals surface area contributed by atoms with Crippen molar-refractivity contribution in [3.05, 3.63) is 59.9 Å². The maximum absolute atomic E-state index is 14.1. The fourth-order valence-electron chi connectivity index (χ4n) is 4.06. The Labute approximate surface area is 171 Å². The van der Waals surface area contributed by atoms with Crippen molar-refractivity contribution in [1.82, 2.24) is 4.90 Å². The van der Waals surface area contributed by atoms with Gasteiger partial charge in [-0.2, -0.15) is 0 Å². The highest BCUT2D eigenvalue weighted by atomic mass is 19.1. The summed E-state index contributed by atoms with van der Waals surface area (Å²) in [7, 11) is 1.70. The summed E-state index contributed by atoms with van der Waals surface area (Å²) >= 11 is 0. The molecule has 0 aromatic heterocycles. The van der Waals surface area contributed by atoms with Crippen LogP contribution in [-0.4, -0.2) is 56.7 Å². The summed E-state index contributed by atoms with van der Waals surface area (Å²) in [6.45, 7) is 4.44. The van der Waals surface area contributed by atoms with Crippen molar-refractivity contribution in [1.29, 1.82) is 0 Å². The van der Waals surface area contributed by atoms with Gasteiger partial charge in [-0.1, -0.05) is 30.3 Å². The second-order valence-corrected chi connectivity index (χ2v) is 7.93. The number of ether oxygens (including phenoxy) is 1. The maximum atomic E-state index is 14.1. The summed E-state index contributed by atoms with van der Waals surface area (Å²) in [6, 6.07) is 15.1. The van der Waals surface area contributed by atoms with E-state index in [1.54, 1.807) is 19.2 Å². The number of quaternary nitrogens is 1. The summed E-state index contributed by atoms with van der Waals surface area (Å²) in [4.78, 5) is 18.5. The number of carbonyl (C=O) groups is 1. The molecule has 1 aliphatic heterocycles. The Kier molecular flexibility index (Phi) is 6.00. The van der Waals surface area contributed by atoms with Crippen LogP contribution in [0.15, 0.2) is 48.5 Å². The Balaban J connectivity index is 1.34. The maximum Gasteiger partial charge on any atom is 0.278 e. The van der Waals surface area contributed by atoms with Crippen molar-refractivity contribution in [2.24, 2.45) is 0 Å². The number of amides is 1. The number of piperazine rings is 1. The first-order chi connectivity index (χ1) is 14.2. The largest absolute Gasteiger partial charge is 0.495 e. The molecule has 1 aliphatic carbocycles. The standard InChI is InChI=1S/C23H28FN3O2/c1-29-22-9-5-4-8-21(22)26-14-12-25(13-15-26)17-23(28)27(19-10-11-19)16-18-6-2-3-7-20(18)24/h2-9,19H,10-17H2,1H3/p+1. The number of benzene rings is 2. The number of rotatable bonds is 7. The van der Waals surface area contributed by atoms with Crippen molar-refractivity contribution in [2.45, 2.75) is 25.4 Å². The number of methoxy groups -OCH3 is 1. The summed E-state index contributed by atoms with van der Waals surface area (Å²) in [5, 5.41) is 0. The molecule has 1 heterocycles. The van der Waals surface area contributed by atoms with Crippen molar-refractivity contribution >= 4 is 11.6 Å². The van der Waals surface area contributed by atoms with E-state index in [0.29, 0.717) is 18.7 Å². The molecule has 2 aliphatic rings. The van der Waals surface area contributed by atoms with Gasteiger partial charge in [0.15, 0.2) is 6.54 Å². The molecule has 6 heteroatoms. The normalized spacial score (nSPS) is 17.2. The zero-order valence-electron chi connectivity index (χ0n) is 16.9. The molecule has 1 amide bonds. The molecule has 2 aromatic carbocycles. The third kappa shape index (κ3) is 4.70. The lowest BCUT2D eigenvalue weighted by atomic mass is 10.2. The lowest BCUT2D eigenvalue weighted by Crippen LogP contribution is -3.15. The third-order valence-electron chi connectivity index (χ3n) is 5.90. The van der Waals surface area contributed by atoms with Gasteiger partial charge in [-0.25, -0.2) is 4.39 Å². The van der Waals surface area contributed by atoms with Gasteiger partial charge < -0.3 is 19.4 Å². The van der Waals surface area contributed by atoms with Gasteiger partial charge in [0.05, 0.1) is 39.0 Å². The molecule has 0 atom stereocenters. The highest BCUT2D eigenvalue weighted by molar-refractivity contribution is 5.77. The summed E-state index contributed by atoms with van der Waals surface area (Å²) in [5.74, 6) is 0.789. The van der Waals surface area contributed by atoms with Crippen LogP contribution in [0.3, 0.4) is 0 Å². The van der Waals surface area contributed by atoms with Gasteiger partial charge in [-0.15, -0.1) is 0 Å². The number of hydrogen-bond acceptors (Lipinski definition) is 3. The second-order valence-electron chi connectivity index (χ2n) is 7.93. The van der Waals surface area contributed by atoms with E-state index >= 15 is 0 Å². The van der Waals surface area contributed by atoms with E-state index in [-0.39, 0.29) is 17.8 Å². The minimum Gasteiger partial charge on any atom is -0.495 e. The smallest absolute Gasteiger partial charge is 0.278 e. The van der Waals surface area contributed by atoms with Crippen LogP contribution in [0, 0.1) is 5.82 Å². The quantitative estimate of drug-likeness (QED) is 0.772. The zero-order chi connectivity index (χ0) is 20.2. The first-order valence-corrected chi connectivity index (χ1v) is 10.4. The van der Waals surface area contributed by atoms with Crippen LogP contribution >= 0.6 is 0 Å². The van der Waals surface area contributed by atoms with Crippen molar-refractivity contribution in [3.63, 3.8) is 0 Å². The Morgan fingerprint density at radius 2 is 1.83 bits per heavy atom. The van der Waals surface area contributed by atoms with E-state index in [0.717, 1.165) is 50.5 Å². The zero-order valence-corrected chi connectivity index (χ0v) is 16.9. The van der Waals surface area contributed by atoms with E-state index in [2.05, 4.69) is 11.0 Å². The number of hydrogen-bond donors (Lipinski definition) is 1. The fraction of sp³-hybridized carbons (Fsp3) is 0.435. The molecule has 2 aromatic rings. The fourth-order valence-corrected chi connectivity index (χ4v) is 4.06. The van der Waals surface area contributed by atoms with Crippen LogP contribution in [0.2, 0.25) is 0 Å². The average molecular weight is 399 g/mol. The summed E-state index contributed by atoms with van der Waals surface area (Å²) in [6.07, 6.45) is 2.05. The van der Waals surface area contributed by atoms with Crippen molar-refractivity contribution < 1.29 is 18.8 Å². The topological polar surface area (TPSA) is 37.2 Å². The molecule has 4 rings (SSSR count). The molecule has 0 spiro atoms. The Morgan fingerprint density at radius 3 is 2.52 bits per heavy atom. The molecule has 1 N–H and O–H groups in total. The van der Waals surface area contributed by atoms with Crippen molar-refractivity contribution in [2.75, 3.05) is 44.7 Å². The Morgan fingerprint density at radius 1 is 1.14 bits per heavy atom. The van der Waals surface area contributed by atoms with Crippen LogP contribution in [-0.2, 0) is 11.3 Å². The highest BCUT2D eigenvalue weighted by Gasteiger charge is 2.35. The Hall–Kier alpha value is -2.60. The van der Waals surface area contributed by atoms with Gasteiger partial charge in [0.1, 0.15) is 11.6 Å². The molecule has 0 radical (unpaired) electrons. The first kappa shape index (κ1) is 19.7. The van der Waals surface area contributed by atoms with Crippen molar-refractivity contribution in [3.8, 4) is 5.75 Å². The predicted molar refractivity (Wildman–Crippen MR) is 111 cm³/mol. The van der Waals surface area contributed by atoms with Gasteiger partial charge in [0.25, 0.3) is 5.91 Å². The van der Waals surface area contributed by atoms with Crippen LogP contribution < -0.4 is 14.5 Å². The molecule has 1 saturated carbocycles. The summed E-state index contributed by atoms with van der Waals surface area (Å²) < 4.78 is 19.5. The lowest BCUT2D eigenvalue weighted by Gasteiger charge is -2.35. The van der Waals surface area contributed by atoms with Gasteiger partial charge >= 0.3 is 0 Å². The second kappa shape index (κ2) is 8.82. The van der Waals surface area contributed by atoms with Gasteiger partial charge in [-0.05, 0) is 31.0 Å². The number of anilines is 1. The molecule has 29 heavy (non-hydrogen) atoms. The number of carbonyl (C=O) groups excluding carboxylic acids is 1. The number of nitrogens with one attached hydrogen (secondary N) is 1. The SMILES string of the molecule is COc1ccccc1N1CC[NH+](CC(=O)N(Cc2ccccc2F)C2CC2)CC1. The summed E-state index contributed by atoms with van der Waals surface area (Å²) in [5.41, 5.74) is 1.71. The first-order valence-electron chi connectivity index (χ1n) is 10.4. The van der Waals surface area contributed by atoms with Crippen LogP contribution in [0.25, 0.3) is 0 Å². The third-order valence-corrected chi connectivity index (χ3v) is 5.90. The molecule has 0 unspecified atom stereocenters. The van der Waals surface area contributed by atoms with E-state index in [1.807, 2.05) is 29.2 Å². The van der Waals surface area contributed by atoms with E-state index in [9.17, 15) is 9.18 Å². The van der Waals surface area contributed by atoms with Crippen LogP contribution in [0.1, 0.15) is 18.4 Å². The average Bonchev–Trinajstić information content (AvgIpc) is 3.59. The molecule has 0 bridgehead atoms. The van der Waals surface area contributed by atoms with E-state index < -0.39 is 0 Å². The number of para-hydroxylation sites is 2. The highest BCUT2D eigenvalue weighted by Crippen LogP contribution is 2.29. The van der Waals surface area contributed by atoms with Gasteiger partial charge in [-0.3, -0.25) is 4.79 Å². The van der Waals surface area contributed by atoms with Gasteiger partial charge in [0, 0.05) is 18.2 Å². The monoisotopic (exact) mass is 398 g/mol. The van der Waals surface area contributed by atoms with Crippen LogP contribution in [0.5, 0.6) is 5.75 Å². The molecular formula is C23H29FN3O2+. The molecular weight excluding hydrogens is 369 g/mol. The number of halogens is 1. The lowest BCUT2D eigenvalue weighted by molar-refractivity contribution is -0.892. The minimum atomic E-state index is -0.233. The van der Waals surface area contributed by atoms with Gasteiger partial charge in [0.2, 0.25) is 0 Å². The molecule has 1 saturated heterocycles. The van der Waals surface area contributed by atoms with E-state index in [1.165, 1.54) is 11.0 Å². The molecule has 2 fully saturated rings. The minimum absolute atomic E-state index is 0.136. The number of nitrogens with zero attached hydrogens (tertiary/aromatic N) is 2. The van der Waals surface area contributed by atoms with E-state index in [4.69, 9.17) is 4.74 Å².